The van der Waals surface area contributed by atoms with Crippen molar-refractivity contribution in [2.75, 3.05) is 5.32 Å². The molecule has 0 aliphatic heterocycles. The van der Waals surface area contributed by atoms with Gasteiger partial charge in [-0.05, 0) is 37.5 Å². The van der Waals surface area contributed by atoms with Gasteiger partial charge in [0.05, 0.1) is 17.5 Å². The lowest BCUT2D eigenvalue weighted by atomic mass is 9.78. The molecule has 0 radical (unpaired) electrons. The standard InChI is InChI=1S/C15H19NO4/c1-9-6-7-12(13(17)8-9)16-14(18)10-4-2-3-5-11(10)15(19)20/h6-8,10-11,17H,2-5H2,1H3,(H,16,18)(H,19,20). The fraction of sp³-hybridized carbons (Fsp3) is 0.467. The van der Waals surface area contributed by atoms with Crippen molar-refractivity contribution in [1.29, 1.82) is 0 Å². The van der Waals surface area contributed by atoms with Crippen LogP contribution in [0.4, 0.5) is 5.69 Å². The maximum atomic E-state index is 12.2. The predicted octanol–water partition coefficient (Wildman–Crippen LogP) is 2.53. The third-order valence-corrected chi connectivity index (χ3v) is 3.83. The van der Waals surface area contributed by atoms with Gasteiger partial charge in [0, 0.05) is 0 Å². The first-order valence-electron chi connectivity index (χ1n) is 6.82. The number of carbonyl (C=O) groups excluding carboxylic acids is 1. The van der Waals surface area contributed by atoms with E-state index in [1.807, 2.05) is 6.92 Å². The number of benzene rings is 1. The molecule has 0 aromatic heterocycles. The molecule has 20 heavy (non-hydrogen) atoms. The lowest BCUT2D eigenvalue weighted by Crippen LogP contribution is -2.36. The van der Waals surface area contributed by atoms with Gasteiger partial charge in [0.2, 0.25) is 5.91 Å². The molecule has 2 unspecified atom stereocenters. The molecule has 108 valence electrons. The van der Waals surface area contributed by atoms with Gasteiger partial charge in [-0.15, -0.1) is 0 Å². The molecule has 2 atom stereocenters. The number of aryl methyl sites for hydroxylation is 1. The summed E-state index contributed by atoms with van der Waals surface area (Å²) >= 11 is 0. The van der Waals surface area contributed by atoms with Crippen LogP contribution in [0.1, 0.15) is 31.2 Å². The highest BCUT2D eigenvalue weighted by atomic mass is 16.4. The van der Waals surface area contributed by atoms with Gasteiger partial charge in [-0.2, -0.15) is 0 Å². The molecule has 3 N–H and O–H groups in total. The Bertz CT molecular complexity index is 527. The normalized spacial score (nSPS) is 22.2. The number of hydrogen-bond donors (Lipinski definition) is 3. The van der Waals surface area contributed by atoms with E-state index in [0.29, 0.717) is 18.5 Å². The molecule has 2 rings (SSSR count). The summed E-state index contributed by atoms with van der Waals surface area (Å²) < 4.78 is 0. The summed E-state index contributed by atoms with van der Waals surface area (Å²) in [6.45, 7) is 1.84. The molecule has 0 saturated heterocycles. The van der Waals surface area contributed by atoms with Crippen LogP contribution in [-0.4, -0.2) is 22.1 Å². The summed E-state index contributed by atoms with van der Waals surface area (Å²) in [5.41, 5.74) is 1.22. The number of carbonyl (C=O) groups is 2. The third-order valence-electron chi connectivity index (χ3n) is 3.83. The lowest BCUT2D eigenvalue weighted by Gasteiger charge is -2.27. The highest BCUT2D eigenvalue weighted by Gasteiger charge is 2.35. The first-order chi connectivity index (χ1) is 9.49. The highest BCUT2D eigenvalue weighted by molar-refractivity contribution is 5.96. The van der Waals surface area contributed by atoms with Crippen LogP contribution in [0.2, 0.25) is 0 Å². The molecule has 1 amide bonds. The fourth-order valence-corrected chi connectivity index (χ4v) is 2.71. The summed E-state index contributed by atoms with van der Waals surface area (Å²) in [5, 5.41) is 21.6. The highest BCUT2D eigenvalue weighted by Crippen LogP contribution is 2.32. The molecule has 0 bridgehead atoms. The number of aromatic hydroxyl groups is 1. The molecule has 5 heteroatoms. The number of amides is 1. The zero-order chi connectivity index (χ0) is 14.7. The number of rotatable bonds is 3. The minimum absolute atomic E-state index is 0.000958. The van der Waals surface area contributed by atoms with Crippen molar-refractivity contribution in [2.45, 2.75) is 32.6 Å². The average molecular weight is 277 g/mol. The SMILES string of the molecule is Cc1ccc(NC(=O)C2CCCCC2C(=O)O)c(O)c1. The van der Waals surface area contributed by atoms with E-state index < -0.39 is 17.8 Å². The van der Waals surface area contributed by atoms with Crippen molar-refractivity contribution >= 4 is 17.6 Å². The van der Waals surface area contributed by atoms with E-state index in [1.165, 1.54) is 0 Å². The van der Waals surface area contributed by atoms with Gasteiger partial charge in [0.25, 0.3) is 0 Å². The molecule has 0 heterocycles. The molecule has 1 fully saturated rings. The maximum Gasteiger partial charge on any atom is 0.307 e. The van der Waals surface area contributed by atoms with Crippen LogP contribution in [-0.2, 0) is 9.59 Å². The van der Waals surface area contributed by atoms with Crippen LogP contribution in [0.5, 0.6) is 5.75 Å². The predicted molar refractivity (Wildman–Crippen MR) is 74.6 cm³/mol. The zero-order valence-corrected chi connectivity index (χ0v) is 11.4. The van der Waals surface area contributed by atoms with Gasteiger partial charge in [0.1, 0.15) is 5.75 Å². The van der Waals surface area contributed by atoms with Gasteiger partial charge in [-0.25, -0.2) is 0 Å². The van der Waals surface area contributed by atoms with Crippen LogP contribution >= 0.6 is 0 Å². The second kappa shape index (κ2) is 5.94. The van der Waals surface area contributed by atoms with Crippen LogP contribution in [0, 0.1) is 18.8 Å². The van der Waals surface area contributed by atoms with Crippen molar-refractivity contribution < 1.29 is 19.8 Å². The summed E-state index contributed by atoms with van der Waals surface area (Å²) in [6, 6.07) is 4.97. The van der Waals surface area contributed by atoms with Crippen molar-refractivity contribution in [1.82, 2.24) is 0 Å². The molecule has 0 spiro atoms. The number of phenolic OH excluding ortho intramolecular Hbond substituents is 1. The number of aliphatic carboxylic acids is 1. The molecule has 1 aliphatic carbocycles. The molecular weight excluding hydrogens is 258 g/mol. The van der Waals surface area contributed by atoms with Crippen molar-refractivity contribution in [3.63, 3.8) is 0 Å². The second-order valence-electron chi connectivity index (χ2n) is 5.35. The van der Waals surface area contributed by atoms with E-state index in [-0.39, 0.29) is 11.7 Å². The zero-order valence-electron chi connectivity index (χ0n) is 11.4. The number of carboxylic acid groups (broad SMARTS) is 1. The minimum atomic E-state index is -0.919. The van der Waals surface area contributed by atoms with E-state index in [0.717, 1.165) is 18.4 Å². The molecule has 1 aromatic rings. The smallest absolute Gasteiger partial charge is 0.307 e. The van der Waals surface area contributed by atoms with E-state index in [2.05, 4.69) is 5.32 Å². The van der Waals surface area contributed by atoms with Gasteiger partial charge < -0.3 is 15.5 Å². The Kier molecular flexibility index (Phi) is 4.27. The Morgan fingerprint density at radius 2 is 1.85 bits per heavy atom. The van der Waals surface area contributed by atoms with Crippen LogP contribution < -0.4 is 5.32 Å². The summed E-state index contributed by atoms with van der Waals surface area (Å²) in [7, 11) is 0. The van der Waals surface area contributed by atoms with Gasteiger partial charge in [-0.3, -0.25) is 9.59 Å². The fourth-order valence-electron chi connectivity index (χ4n) is 2.71. The number of nitrogens with one attached hydrogen (secondary N) is 1. The van der Waals surface area contributed by atoms with Crippen molar-refractivity contribution in [2.24, 2.45) is 11.8 Å². The van der Waals surface area contributed by atoms with E-state index >= 15 is 0 Å². The lowest BCUT2D eigenvalue weighted by molar-refractivity contribution is -0.147. The first kappa shape index (κ1) is 14.4. The maximum absolute atomic E-state index is 12.2. The van der Waals surface area contributed by atoms with Crippen molar-refractivity contribution in [3.8, 4) is 5.75 Å². The van der Waals surface area contributed by atoms with Gasteiger partial charge in [-0.1, -0.05) is 18.9 Å². The number of carboxylic acids is 1. The molecular formula is C15H19NO4. The van der Waals surface area contributed by atoms with Crippen LogP contribution in [0.3, 0.4) is 0 Å². The molecule has 1 aromatic carbocycles. The molecule has 5 nitrogen and oxygen atoms in total. The Morgan fingerprint density at radius 1 is 1.20 bits per heavy atom. The largest absolute Gasteiger partial charge is 0.506 e. The quantitative estimate of drug-likeness (QED) is 0.741. The molecule has 1 saturated carbocycles. The minimum Gasteiger partial charge on any atom is -0.506 e. The van der Waals surface area contributed by atoms with E-state index in [1.54, 1.807) is 18.2 Å². The van der Waals surface area contributed by atoms with Crippen LogP contribution in [0.15, 0.2) is 18.2 Å². The Hall–Kier alpha value is -2.04. The summed E-state index contributed by atoms with van der Waals surface area (Å²) in [4.78, 5) is 23.4. The first-order valence-corrected chi connectivity index (χ1v) is 6.82. The monoisotopic (exact) mass is 277 g/mol. The van der Waals surface area contributed by atoms with Gasteiger partial charge >= 0.3 is 5.97 Å². The Balaban J connectivity index is 2.12. The summed E-state index contributed by atoms with van der Waals surface area (Å²) in [5.74, 6) is -2.39. The third kappa shape index (κ3) is 3.10. The number of anilines is 1. The van der Waals surface area contributed by atoms with E-state index in [9.17, 15) is 19.8 Å². The van der Waals surface area contributed by atoms with Crippen molar-refractivity contribution in [3.05, 3.63) is 23.8 Å². The van der Waals surface area contributed by atoms with Crippen LogP contribution in [0.25, 0.3) is 0 Å². The Morgan fingerprint density at radius 3 is 2.45 bits per heavy atom. The summed E-state index contributed by atoms with van der Waals surface area (Å²) in [6.07, 6.45) is 2.82. The Labute approximate surface area is 117 Å². The molecule has 1 aliphatic rings. The topological polar surface area (TPSA) is 86.6 Å². The van der Waals surface area contributed by atoms with E-state index in [4.69, 9.17) is 0 Å². The number of phenols is 1. The van der Waals surface area contributed by atoms with Gasteiger partial charge in [0.15, 0.2) is 0 Å². The average Bonchev–Trinajstić information content (AvgIpc) is 2.41. The second-order valence-corrected chi connectivity index (χ2v) is 5.35. The number of hydrogen-bond acceptors (Lipinski definition) is 3.